The summed E-state index contributed by atoms with van der Waals surface area (Å²) in [4.78, 5) is 16.8. The van der Waals surface area contributed by atoms with Gasteiger partial charge in [-0.05, 0) is 56.6 Å². The van der Waals surface area contributed by atoms with Gasteiger partial charge in [0.05, 0.1) is 5.41 Å². The van der Waals surface area contributed by atoms with Crippen molar-refractivity contribution in [1.29, 1.82) is 0 Å². The molecular weight excluding hydrogens is 292 g/mol. The van der Waals surface area contributed by atoms with E-state index in [1.165, 1.54) is 24.1 Å². The van der Waals surface area contributed by atoms with Crippen LogP contribution < -0.4 is 5.32 Å². The van der Waals surface area contributed by atoms with Crippen molar-refractivity contribution >= 4 is 17.2 Å². The van der Waals surface area contributed by atoms with Crippen molar-refractivity contribution in [3.63, 3.8) is 0 Å². The third kappa shape index (κ3) is 3.09. The largest absolute Gasteiger partial charge is 0.342 e. The highest BCUT2D eigenvalue weighted by Crippen LogP contribution is 2.43. The molecular formula is C18H28N2OS. The molecule has 0 spiro atoms. The molecule has 1 aliphatic carbocycles. The number of carbonyl (C=O) groups is 1. The van der Waals surface area contributed by atoms with Gasteiger partial charge in [0.1, 0.15) is 0 Å². The van der Waals surface area contributed by atoms with Gasteiger partial charge < -0.3 is 10.2 Å². The van der Waals surface area contributed by atoms with E-state index in [1.54, 1.807) is 11.3 Å². The van der Waals surface area contributed by atoms with Crippen LogP contribution >= 0.6 is 11.3 Å². The fourth-order valence-corrected chi connectivity index (χ4v) is 5.18. The van der Waals surface area contributed by atoms with Crippen LogP contribution in [-0.2, 0) is 10.2 Å². The Balaban J connectivity index is 1.73. The van der Waals surface area contributed by atoms with Crippen LogP contribution in [0.2, 0.25) is 0 Å². The van der Waals surface area contributed by atoms with Gasteiger partial charge in [-0.25, -0.2) is 0 Å². The van der Waals surface area contributed by atoms with Crippen LogP contribution in [0.5, 0.6) is 0 Å². The molecule has 2 fully saturated rings. The number of carbonyl (C=O) groups excluding carboxylic acids is 1. The summed E-state index contributed by atoms with van der Waals surface area (Å²) in [5.41, 5.74) is -0.206. The minimum atomic E-state index is -0.206. The Kier molecular flexibility index (Phi) is 5.19. The summed E-state index contributed by atoms with van der Waals surface area (Å²) in [6, 6.07) is 4.28. The van der Waals surface area contributed by atoms with Crippen LogP contribution in [0.3, 0.4) is 0 Å². The zero-order valence-corrected chi connectivity index (χ0v) is 14.5. The van der Waals surface area contributed by atoms with Crippen LogP contribution in [-0.4, -0.2) is 37.5 Å². The van der Waals surface area contributed by atoms with E-state index in [0.717, 1.165) is 51.2 Å². The monoisotopic (exact) mass is 320 g/mol. The first-order valence-corrected chi connectivity index (χ1v) is 9.62. The predicted octanol–water partition coefficient (Wildman–Crippen LogP) is 3.41. The third-order valence-electron chi connectivity index (χ3n) is 5.50. The van der Waals surface area contributed by atoms with Gasteiger partial charge in [-0.1, -0.05) is 25.3 Å². The van der Waals surface area contributed by atoms with Gasteiger partial charge in [0.25, 0.3) is 0 Å². The van der Waals surface area contributed by atoms with Crippen LogP contribution in [0.1, 0.15) is 49.8 Å². The Hall–Kier alpha value is -0.870. The van der Waals surface area contributed by atoms with Crippen molar-refractivity contribution in [2.24, 2.45) is 5.92 Å². The van der Waals surface area contributed by atoms with Crippen LogP contribution in [0, 0.1) is 5.92 Å². The number of nitrogens with zero attached hydrogens (tertiary/aromatic N) is 1. The quantitative estimate of drug-likeness (QED) is 0.922. The van der Waals surface area contributed by atoms with Gasteiger partial charge in [-0.2, -0.15) is 0 Å². The second-order valence-corrected chi connectivity index (χ2v) is 7.86. The zero-order chi connectivity index (χ0) is 15.4. The molecule has 1 aromatic heterocycles. The second kappa shape index (κ2) is 7.14. The Bertz CT molecular complexity index is 471. The first-order valence-electron chi connectivity index (χ1n) is 8.74. The molecule has 4 heteroatoms. The molecule has 22 heavy (non-hydrogen) atoms. The highest BCUT2D eigenvalue weighted by atomic mass is 32.1. The molecule has 1 N–H and O–H groups in total. The third-order valence-corrected chi connectivity index (χ3v) is 6.58. The zero-order valence-electron chi connectivity index (χ0n) is 13.6. The second-order valence-electron chi connectivity index (χ2n) is 6.91. The van der Waals surface area contributed by atoms with E-state index in [0.29, 0.717) is 5.91 Å². The number of rotatable bonds is 4. The van der Waals surface area contributed by atoms with Crippen LogP contribution in [0.25, 0.3) is 0 Å². The number of piperidine rings is 1. The van der Waals surface area contributed by atoms with Crippen molar-refractivity contribution in [1.82, 2.24) is 10.2 Å². The smallest absolute Gasteiger partial charge is 0.234 e. The highest BCUT2D eigenvalue weighted by Gasteiger charge is 2.44. The Labute approximate surface area is 138 Å². The normalized spacial score (nSPS) is 22.7. The molecule has 0 unspecified atom stereocenters. The molecule has 1 saturated heterocycles. The summed E-state index contributed by atoms with van der Waals surface area (Å²) in [6.45, 7) is 2.97. The molecule has 0 radical (unpaired) electrons. The molecule has 3 rings (SSSR count). The number of amides is 1. The number of likely N-dealkylation sites (tertiary alicyclic amines) is 1. The lowest BCUT2D eigenvalue weighted by molar-refractivity contribution is -0.140. The summed E-state index contributed by atoms with van der Waals surface area (Å²) >= 11 is 1.77. The van der Waals surface area contributed by atoms with E-state index in [2.05, 4.69) is 27.7 Å². The maximum absolute atomic E-state index is 13.4. The van der Waals surface area contributed by atoms with E-state index in [1.807, 2.05) is 7.05 Å². The molecule has 0 aromatic carbocycles. The van der Waals surface area contributed by atoms with Crippen molar-refractivity contribution in [2.75, 3.05) is 26.7 Å². The fourth-order valence-electron chi connectivity index (χ4n) is 4.20. The first kappa shape index (κ1) is 16.0. The Morgan fingerprint density at radius 2 is 2.05 bits per heavy atom. The maximum Gasteiger partial charge on any atom is 0.234 e. The maximum atomic E-state index is 13.4. The summed E-state index contributed by atoms with van der Waals surface area (Å²) in [5, 5.41) is 5.40. The van der Waals surface area contributed by atoms with E-state index < -0.39 is 0 Å². The number of thiophene rings is 1. The minimum Gasteiger partial charge on any atom is -0.342 e. The molecule has 0 bridgehead atoms. The number of hydrogen-bond donors (Lipinski definition) is 1. The van der Waals surface area contributed by atoms with E-state index in [9.17, 15) is 4.79 Å². The average Bonchev–Trinajstić information content (AvgIpc) is 3.11. The average molecular weight is 321 g/mol. The highest BCUT2D eigenvalue weighted by molar-refractivity contribution is 7.10. The Morgan fingerprint density at radius 3 is 2.64 bits per heavy atom. The van der Waals surface area contributed by atoms with Gasteiger partial charge in [0, 0.05) is 18.0 Å². The molecule has 2 aliphatic rings. The van der Waals surface area contributed by atoms with Gasteiger partial charge in [0.15, 0.2) is 0 Å². The van der Waals surface area contributed by atoms with E-state index >= 15 is 0 Å². The van der Waals surface area contributed by atoms with E-state index in [-0.39, 0.29) is 5.41 Å². The minimum absolute atomic E-state index is 0.206. The van der Waals surface area contributed by atoms with Crippen molar-refractivity contribution < 1.29 is 4.79 Å². The lowest BCUT2D eigenvalue weighted by Gasteiger charge is -2.41. The van der Waals surface area contributed by atoms with Gasteiger partial charge in [-0.3, -0.25) is 4.79 Å². The lowest BCUT2D eigenvalue weighted by Crippen LogP contribution is -2.50. The van der Waals surface area contributed by atoms with Gasteiger partial charge >= 0.3 is 0 Å². The molecule has 2 heterocycles. The topological polar surface area (TPSA) is 32.3 Å². The molecule has 1 aliphatic heterocycles. The SMILES string of the molecule is CNCC1CCN(C(=O)C2(c3cccs3)CCCCC2)CC1. The molecule has 1 amide bonds. The molecule has 122 valence electrons. The first-order chi connectivity index (χ1) is 10.8. The summed E-state index contributed by atoms with van der Waals surface area (Å²) in [6.07, 6.45) is 8.05. The number of hydrogen-bond acceptors (Lipinski definition) is 3. The van der Waals surface area contributed by atoms with Gasteiger partial charge in [0.2, 0.25) is 5.91 Å². The Morgan fingerprint density at radius 1 is 1.32 bits per heavy atom. The number of nitrogens with one attached hydrogen (secondary N) is 1. The van der Waals surface area contributed by atoms with Crippen LogP contribution in [0.4, 0.5) is 0 Å². The molecule has 1 saturated carbocycles. The summed E-state index contributed by atoms with van der Waals surface area (Å²) in [5.74, 6) is 1.15. The summed E-state index contributed by atoms with van der Waals surface area (Å²) < 4.78 is 0. The van der Waals surface area contributed by atoms with Crippen molar-refractivity contribution in [2.45, 2.75) is 50.4 Å². The fraction of sp³-hybridized carbons (Fsp3) is 0.722. The standard InChI is InChI=1S/C18H28N2OS/c1-19-14-15-7-11-20(12-8-15)17(21)18(9-3-2-4-10-18)16-6-5-13-22-16/h5-6,13,15,19H,2-4,7-12,14H2,1H3. The van der Waals surface area contributed by atoms with Gasteiger partial charge in [-0.15, -0.1) is 11.3 Å². The lowest BCUT2D eigenvalue weighted by atomic mass is 9.71. The van der Waals surface area contributed by atoms with Crippen molar-refractivity contribution in [3.8, 4) is 0 Å². The summed E-state index contributed by atoms with van der Waals surface area (Å²) in [7, 11) is 2.02. The van der Waals surface area contributed by atoms with E-state index in [4.69, 9.17) is 0 Å². The molecule has 0 atom stereocenters. The van der Waals surface area contributed by atoms with Crippen molar-refractivity contribution in [3.05, 3.63) is 22.4 Å². The molecule has 3 nitrogen and oxygen atoms in total. The predicted molar refractivity (Wildman–Crippen MR) is 92.3 cm³/mol. The van der Waals surface area contributed by atoms with Crippen LogP contribution in [0.15, 0.2) is 17.5 Å². The molecule has 1 aromatic rings.